The highest BCUT2D eigenvalue weighted by molar-refractivity contribution is 7.15. The molecule has 1 aromatic heterocycles. The second-order valence-corrected chi connectivity index (χ2v) is 9.75. The van der Waals surface area contributed by atoms with Gasteiger partial charge in [0.2, 0.25) is 0 Å². The van der Waals surface area contributed by atoms with Gasteiger partial charge in [0.25, 0.3) is 5.91 Å². The molecule has 0 atom stereocenters. The van der Waals surface area contributed by atoms with Gasteiger partial charge in [-0.25, -0.2) is 4.79 Å². The summed E-state index contributed by atoms with van der Waals surface area (Å²) >= 11 is 1.27. The van der Waals surface area contributed by atoms with E-state index in [2.05, 4.69) is 31.2 Å². The van der Waals surface area contributed by atoms with E-state index in [0.717, 1.165) is 22.3 Å². The number of amides is 1. The summed E-state index contributed by atoms with van der Waals surface area (Å²) in [6.45, 7) is 10.2. The van der Waals surface area contributed by atoms with Gasteiger partial charge in [0, 0.05) is 10.9 Å². The Morgan fingerprint density at radius 3 is 2.35 bits per heavy atom. The molecule has 0 unspecified atom stereocenters. The second-order valence-electron chi connectivity index (χ2n) is 8.87. The van der Waals surface area contributed by atoms with Gasteiger partial charge in [-0.2, -0.15) is 0 Å². The van der Waals surface area contributed by atoms with E-state index in [1.807, 2.05) is 60.8 Å². The highest BCUT2D eigenvalue weighted by atomic mass is 32.1. The molecule has 0 bridgehead atoms. The van der Waals surface area contributed by atoms with E-state index in [0.29, 0.717) is 10.6 Å². The number of hydrogen-bond donors (Lipinski definition) is 1. The first kappa shape index (κ1) is 25.2. The van der Waals surface area contributed by atoms with E-state index in [-0.39, 0.29) is 18.6 Å². The molecule has 1 heterocycles. The lowest BCUT2D eigenvalue weighted by Crippen LogP contribution is -2.18. The summed E-state index contributed by atoms with van der Waals surface area (Å²) in [7, 11) is 0. The molecule has 3 aromatic rings. The van der Waals surface area contributed by atoms with Crippen LogP contribution >= 0.6 is 11.3 Å². The Labute approximate surface area is 204 Å². The number of oxime groups is 1. The Hall–Kier alpha value is -3.45. The van der Waals surface area contributed by atoms with Crippen molar-refractivity contribution < 1.29 is 19.2 Å². The van der Waals surface area contributed by atoms with Crippen molar-refractivity contribution in [1.29, 1.82) is 0 Å². The van der Waals surface area contributed by atoms with E-state index in [1.54, 1.807) is 13.1 Å². The van der Waals surface area contributed by atoms with Gasteiger partial charge >= 0.3 is 5.97 Å². The number of thiophene rings is 1. The maximum Gasteiger partial charge on any atom is 0.341 e. The number of nitrogens with zero attached hydrogens (tertiary/aromatic N) is 1. The minimum atomic E-state index is -0.479. The molecule has 7 heteroatoms. The quantitative estimate of drug-likeness (QED) is 0.238. The van der Waals surface area contributed by atoms with Gasteiger partial charge in [0.05, 0.1) is 12.8 Å². The van der Waals surface area contributed by atoms with Crippen LogP contribution in [0.2, 0.25) is 0 Å². The number of carbonyl (C=O) groups is 2. The second kappa shape index (κ2) is 11.1. The van der Waals surface area contributed by atoms with Gasteiger partial charge in [0.1, 0.15) is 10.6 Å². The fraction of sp³-hybridized carbons (Fsp3) is 0.296. The number of aryl methyl sites for hydroxylation is 1. The molecule has 0 aliphatic carbocycles. The molecule has 178 valence electrons. The Bertz CT molecular complexity index is 1160. The Balaban J connectivity index is 1.65. The van der Waals surface area contributed by atoms with Gasteiger partial charge in [-0.3, -0.25) is 4.79 Å². The van der Waals surface area contributed by atoms with Crippen LogP contribution in [0.5, 0.6) is 0 Å². The number of rotatable bonds is 8. The van der Waals surface area contributed by atoms with Crippen molar-refractivity contribution in [2.45, 2.75) is 40.0 Å². The highest BCUT2D eigenvalue weighted by Crippen LogP contribution is 2.36. The average Bonchev–Trinajstić information content (AvgIpc) is 3.20. The molecule has 0 saturated carbocycles. The normalized spacial score (nSPS) is 11.4. The first-order valence-electron chi connectivity index (χ1n) is 11.1. The molecule has 34 heavy (non-hydrogen) atoms. The third-order valence-electron chi connectivity index (χ3n) is 5.13. The number of hydrogen-bond acceptors (Lipinski definition) is 6. The van der Waals surface area contributed by atoms with E-state index < -0.39 is 11.9 Å². The predicted molar refractivity (Wildman–Crippen MR) is 138 cm³/mol. The lowest BCUT2D eigenvalue weighted by molar-refractivity contribution is -0.120. The molecule has 1 N–H and O–H groups in total. The number of carbonyl (C=O) groups excluding carboxylic acids is 2. The molecule has 0 spiro atoms. The van der Waals surface area contributed by atoms with E-state index in [9.17, 15) is 9.59 Å². The minimum Gasteiger partial charge on any atom is -0.462 e. The standard InChI is InChI=1S/C27H30N2O4S/c1-6-32-26(31)24-22(20-11-7-18(2)8-12-20)17-34-25(24)29-23(30)16-33-28-15-19-9-13-21(14-10-19)27(3,4)5/h7-15,17H,6,16H2,1-5H3,(H,29,30). The monoisotopic (exact) mass is 478 g/mol. The first-order chi connectivity index (χ1) is 16.2. The predicted octanol–water partition coefficient (Wildman–Crippen LogP) is 6.19. The van der Waals surface area contributed by atoms with Crippen molar-refractivity contribution >= 4 is 34.4 Å². The van der Waals surface area contributed by atoms with Crippen LogP contribution in [0.25, 0.3) is 11.1 Å². The Kier molecular flexibility index (Phi) is 8.23. The zero-order chi connectivity index (χ0) is 24.7. The van der Waals surface area contributed by atoms with Crippen LogP contribution < -0.4 is 5.32 Å². The van der Waals surface area contributed by atoms with Crippen molar-refractivity contribution in [2.75, 3.05) is 18.5 Å². The molecule has 2 aromatic carbocycles. The number of nitrogens with one attached hydrogen (secondary N) is 1. The van der Waals surface area contributed by atoms with Crippen LogP contribution in [0.15, 0.2) is 59.1 Å². The zero-order valence-electron chi connectivity index (χ0n) is 20.2. The van der Waals surface area contributed by atoms with Crippen LogP contribution in [0, 0.1) is 6.92 Å². The third-order valence-corrected chi connectivity index (χ3v) is 6.03. The molecule has 6 nitrogen and oxygen atoms in total. The van der Waals surface area contributed by atoms with Gasteiger partial charge < -0.3 is 14.9 Å². The highest BCUT2D eigenvalue weighted by Gasteiger charge is 2.23. The first-order valence-corrected chi connectivity index (χ1v) is 12.0. The summed E-state index contributed by atoms with van der Waals surface area (Å²) in [5, 5.41) is 8.90. The van der Waals surface area contributed by atoms with Crippen molar-refractivity contribution in [2.24, 2.45) is 5.16 Å². The molecule has 3 rings (SSSR count). The maximum atomic E-state index is 12.7. The van der Waals surface area contributed by atoms with Crippen LogP contribution in [0.1, 0.15) is 54.7 Å². The molecular weight excluding hydrogens is 448 g/mol. The lowest BCUT2D eigenvalue weighted by atomic mass is 9.87. The topological polar surface area (TPSA) is 77.0 Å². The molecule has 0 aliphatic heterocycles. The van der Waals surface area contributed by atoms with Gasteiger partial charge in [-0.15, -0.1) is 11.3 Å². The largest absolute Gasteiger partial charge is 0.462 e. The zero-order valence-corrected chi connectivity index (χ0v) is 21.0. The van der Waals surface area contributed by atoms with Crippen LogP contribution in [0.3, 0.4) is 0 Å². The minimum absolute atomic E-state index is 0.0772. The summed E-state index contributed by atoms with van der Waals surface area (Å²) in [5.41, 5.74) is 5.23. The summed E-state index contributed by atoms with van der Waals surface area (Å²) in [5.74, 6) is -0.893. The van der Waals surface area contributed by atoms with Crippen LogP contribution in [0.4, 0.5) is 5.00 Å². The van der Waals surface area contributed by atoms with Crippen molar-refractivity contribution in [1.82, 2.24) is 0 Å². The van der Waals surface area contributed by atoms with Crippen molar-refractivity contribution in [3.8, 4) is 11.1 Å². The summed E-state index contributed by atoms with van der Waals surface area (Å²) in [4.78, 5) is 30.3. The third kappa shape index (κ3) is 6.54. The van der Waals surface area contributed by atoms with Crippen LogP contribution in [-0.2, 0) is 19.8 Å². The molecule has 0 aliphatic rings. The molecule has 1 amide bonds. The van der Waals surface area contributed by atoms with Crippen molar-refractivity contribution in [3.63, 3.8) is 0 Å². The van der Waals surface area contributed by atoms with E-state index in [1.165, 1.54) is 16.9 Å². The smallest absolute Gasteiger partial charge is 0.341 e. The molecule has 0 saturated heterocycles. The summed E-state index contributed by atoms with van der Waals surface area (Å²) in [6.07, 6.45) is 1.56. The van der Waals surface area contributed by atoms with E-state index >= 15 is 0 Å². The SMILES string of the molecule is CCOC(=O)c1c(-c2ccc(C)cc2)csc1NC(=O)CON=Cc1ccc(C(C)(C)C)cc1. The van der Waals surface area contributed by atoms with Crippen LogP contribution in [-0.4, -0.2) is 31.3 Å². The Morgan fingerprint density at radius 1 is 1.06 bits per heavy atom. The molecular formula is C27H30N2O4S. The molecule has 0 fully saturated rings. The maximum absolute atomic E-state index is 12.7. The fourth-order valence-electron chi connectivity index (χ4n) is 3.23. The average molecular weight is 479 g/mol. The van der Waals surface area contributed by atoms with Gasteiger partial charge in [0.15, 0.2) is 6.61 Å². The summed E-state index contributed by atoms with van der Waals surface area (Å²) < 4.78 is 5.23. The number of benzene rings is 2. The Morgan fingerprint density at radius 2 is 1.74 bits per heavy atom. The molecule has 0 radical (unpaired) electrons. The fourth-order valence-corrected chi connectivity index (χ4v) is 4.20. The number of esters is 1. The summed E-state index contributed by atoms with van der Waals surface area (Å²) in [6, 6.07) is 15.8. The van der Waals surface area contributed by atoms with Gasteiger partial charge in [-0.05, 0) is 36.0 Å². The van der Waals surface area contributed by atoms with Gasteiger partial charge in [-0.1, -0.05) is 80.0 Å². The lowest BCUT2D eigenvalue weighted by Gasteiger charge is -2.18. The number of ether oxygens (including phenoxy) is 1. The van der Waals surface area contributed by atoms with E-state index in [4.69, 9.17) is 9.57 Å². The number of anilines is 1. The van der Waals surface area contributed by atoms with Crippen molar-refractivity contribution in [3.05, 3.63) is 76.2 Å².